The van der Waals surface area contributed by atoms with E-state index in [-0.39, 0.29) is 31.5 Å². The molecular weight excluding hydrogens is 212 g/mol. The third-order valence-electron chi connectivity index (χ3n) is 1.99. The maximum Gasteiger partial charge on any atom is 0.306 e. The molecule has 1 unspecified atom stereocenters. The van der Waals surface area contributed by atoms with Gasteiger partial charge in [-0.1, -0.05) is 6.92 Å². The first-order chi connectivity index (χ1) is 7.60. The lowest BCUT2D eigenvalue weighted by Gasteiger charge is -2.10. The zero-order valence-electron chi connectivity index (χ0n) is 10.2. The highest BCUT2D eigenvalue weighted by molar-refractivity contribution is 5.77. The maximum atomic E-state index is 11.2. The first kappa shape index (κ1) is 14.9. The van der Waals surface area contributed by atoms with Gasteiger partial charge in [-0.2, -0.15) is 0 Å². The van der Waals surface area contributed by atoms with Crippen LogP contribution in [-0.2, 0) is 23.8 Å². The minimum absolute atomic E-state index is 0.0545. The highest BCUT2D eigenvalue weighted by Crippen LogP contribution is 2.01. The van der Waals surface area contributed by atoms with E-state index in [2.05, 4.69) is 0 Å². The van der Waals surface area contributed by atoms with Gasteiger partial charge in [-0.15, -0.1) is 0 Å². The fourth-order valence-electron chi connectivity index (χ4n) is 0.882. The second kappa shape index (κ2) is 9.15. The van der Waals surface area contributed by atoms with Gasteiger partial charge >= 0.3 is 11.9 Å². The van der Waals surface area contributed by atoms with Gasteiger partial charge in [-0.3, -0.25) is 9.59 Å². The molecule has 0 spiro atoms. The van der Waals surface area contributed by atoms with Gasteiger partial charge in [-0.05, 0) is 13.3 Å². The normalized spacial score (nSPS) is 11.9. The van der Waals surface area contributed by atoms with Gasteiger partial charge in [0.25, 0.3) is 0 Å². The van der Waals surface area contributed by atoms with Crippen molar-refractivity contribution >= 4 is 11.9 Å². The van der Waals surface area contributed by atoms with Gasteiger partial charge in [-0.25, -0.2) is 0 Å². The first-order valence-corrected chi connectivity index (χ1v) is 5.44. The average Bonchev–Trinajstić information content (AvgIpc) is 2.26. The molecule has 0 aliphatic rings. The lowest BCUT2D eigenvalue weighted by molar-refractivity contribution is -0.153. The summed E-state index contributed by atoms with van der Waals surface area (Å²) >= 11 is 0. The maximum absolute atomic E-state index is 11.2. The van der Waals surface area contributed by atoms with E-state index in [9.17, 15) is 9.59 Å². The van der Waals surface area contributed by atoms with Crippen molar-refractivity contribution in [2.45, 2.75) is 39.2 Å². The standard InChI is InChI=1S/C11H20O5/c1-4-9(2)16-11(13)6-5-10(12)15-8-7-14-3/h9H,4-8H2,1-3H3. The van der Waals surface area contributed by atoms with Crippen molar-refractivity contribution < 1.29 is 23.8 Å². The van der Waals surface area contributed by atoms with Crippen LogP contribution in [0.4, 0.5) is 0 Å². The molecule has 0 fully saturated rings. The van der Waals surface area contributed by atoms with Crippen molar-refractivity contribution in [2.75, 3.05) is 20.3 Å². The Balaban J connectivity index is 3.55. The number of carbonyl (C=O) groups excluding carboxylic acids is 2. The van der Waals surface area contributed by atoms with Gasteiger partial charge < -0.3 is 14.2 Å². The van der Waals surface area contributed by atoms with Crippen molar-refractivity contribution in [3.05, 3.63) is 0 Å². The first-order valence-electron chi connectivity index (χ1n) is 5.44. The lowest BCUT2D eigenvalue weighted by atomic mass is 10.3. The fraction of sp³-hybridized carbons (Fsp3) is 0.818. The molecule has 0 N–H and O–H groups in total. The Bertz CT molecular complexity index is 214. The molecule has 0 aliphatic heterocycles. The molecule has 1 atom stereocenters. The molecule has 0 aromatic rings. The summed E-state index contributed by atoms with van der Waals surface area (Å²) in [7, 11) is 1.53. The molecule has 0 saturated heterocycles. The number of hydrogen-bond acceptors (Lipinski definition) is 5. The SMILES string of the molecule is CCC(C)OC(=O)CCC(=O)OCCOC. The Hall–Kier alpha value is -1.10. The number of rotatable bonds is 8. The average molecular weight is 232 g/mol. The highest BCUT2D eigenvalue weighted by atomic mass is 16.6. The van der Waals surface area contributed by atoms with Crippen molar-refractivity contribution in [3.8, 4) is 0 Å². The molecule has 0 heterocycles. The molecule has 0 radical (unpaired) electrons. The number of methoxy groups -OCH3 is 1. The van der Waals surface area contributed by atoms with E-state index in [0.717, 1.165) is 6.42 Å². The Morgan fingerprint density at radius 3 is 2.31 bits per heavy atom. The number of esters is 2. The number of ether oxygens (including phenoxy) is 3. The zero-order valence-corrected chi connectivity index (χ0v) is 10.2. The van der Waals surface area contributed by atoms with Crippen LogP contribution in [-0.4, -0.2) is 38.4 Å². The largest absolute Gasteiger partial charge is 0.463 e. The van der Waals surface area contributed by atoms with E-state index >= 15 is 0 Å². The van der Waals surface area contributed by atoms with E-state index in [1.54, 1.807) is 0 Å². The Labute approximate surface area is 96.1 Å². The van der Waals surface area contributed by atoms with Crippen LogP contribution < -0.4 is 0 Å². The molecule has 0 aromatic carbocycles. The summed E-state index contributed by atoms with van der Waals surface area (Å²) in [5.74, 6) is -0.767. The van der Waals surface area contributed by atoms with Crippen molar-refractivity contribution in [3.63, 3.8) is 0 Å². The zero-order chi connectivity index (χ0) is 12.4. The smallest absolute Gasteiger partial charge is 0.306 e. The van der Waals surface area contributed by atoms with Gasteiger partial charge in [0, 0.05) is 7.11 Å². The number of carbonyl (C=O) groups is 2. The molecule has 0 bridgehead atoms. The fourth-order valence-corrected chi connectivity index (χ4v) is 0.882. The molecule has 0 saturated carbocycles. The molecule has 0 rings (SSSR count). The van der Waals surface area contributed by atoms with Crippen LogP contribution in [0.5, 0.6) is 0 Å². The van der Waals surface area contributed by atoms with E-state index in [1.165, 1.54) is 7.11 Å². The summed E-state index contributed by atoms with van der Waals surface area (Å²) in [6.45, 7) is 4.32. The molecule has 5 nitrogen and oxygen atoms in total. The van der Waals surface area contributed by atoms with Gasteiger partial charge in [0.1, 0.15) is 6.61 Å². The topological polar surface area (TPSA) is 61.8 Å². The second-order valence-corrected chi connectivity index (χ2v) is 3.42. The minimum Gasteiger partial charge on any atom is -0.463 e. The van der Waals surface area contributed by atoms with Crippen molar-refractivity contribution in [1.82, 2.24) is 0 Å². The van der Waals surface area contributed by atoms with E-state index in [4.69, 9.17) is 14.2 Å². The summed E-state index contributed by atoms with van der Waals surface area (Å²) in [5.41, 5.74) is 0. The molecule has 5 heteroatoms. The number of hydrogen-bond donors (Lipinski definition) is 0. The van der Waals surface area contributed by atoms with Crippen LogP contribution in [0.1, 0.15) is 33.1 Å². The third-order valence-corrected chi connectivity index (χ3v) is 1.99. The van der Waals surface area contributed by atoms with Crippen LogP contribution >= 0.6 is 0 Å². The van der Waals surface area contributed by atoms with Gasteiger partial charge in [0.2, 0.25) is 0 Å². The summed E-state index contributed by atoms with van der Waals surface area (Å²) in [5, 5.41) is 0. The molecule has 0 amide bonds. The third kappa shape index (κ3) is 8.23. The quantitative estimate of drug-likeness (QED) is 0.466. The van der Waals surface area contributed by atoms with Crippen molar-refractivity contribution in [2.24, 2.45) is 0 Å². The summed E-state index contributed by atoms with van der Waals surface area (Å²) in [4.78, 5) is 22.3. The predicted octanol–water partition coefficient (Wildman–Crippen LogP) is 1.30. The molecule has 0 aromatic heterocycles. The Kier molecular flexibility index (Phi) is 8.52. The highest BCUT2D eigenvalue weighted by Gasteiger charge is 2.11. The van der Waals surface area contributed by atoms with Crippen LogP contribution in [0.15, 0.2) is 0 Å². The van der Waals surface area contributed by atoms with E-state index in [1.807, 2.05) is 13.8 Å². The van der Waals surface area contributed by atoms with E-state index in [0.29, 0.717) is 6.61 Å². The summed E-state index contributed by atoms with van der Waals surface area (Å²) < 4.78 is 14.5. The molecular formula is C11H20O5. The molecule has 0 aliphatic carbocycles. The summed E-state index contributed by atoms with van der Waals surface area (Å²) in [6, 6.07) is 0. The minimum atomic E-state index is -0.404. The van der Waals surface area contributed by atoms with Gasteiger partial charge in [0.15, 0.2) is 0 Å². The van der Waals surface area contributed by atoms with E-state index < -0.39 is 5.97 Å². The Morgan fingerprint density at radius 1 is 1.12 bits per heavy atom. The monoisotopic (exact) mass is 232 g/mol. The summed E-state index contributed by atoms with van der Waals surface area (Å²) in [6.07, 6.45) is 0.788. The van der Waals surface area contributed by atoms with Crippen molar-refractivity contribution in [1.29, 1.82) is 0 Å². The van der Waals surface area contributed by atoms with Crippen LogP contribution in [0.25, 0.3) is 0 Å². The molecule has 16 heavy (non-hydrogen) atoms. The van der Waals surface area contributed by atoms with Gasteiger partial charge in [0.05, 0.1) is 25.6 Å². The van der Waals surface area contributed by atoms with Crippen LogP contribution in [0.2, 0.25) is 0 Å². The second-order valence-electron chi connectivity index (χ2n) is 3.42. The lowest BCUT2D eigenvalue weighted by Crippen LogP contribution is -2.16. The Morgan fingerprint density at radius 2 is 1.75 bits per heavy atom. The van der Waals surface area contributed by atoms with Crippen LogP contribution in [0, 0.1) is 0 Å². The predicted molar refractivity (Wildman–Crippen MR) is 57.9 cm³/mol. The van der Waals surface area contributed by atoms with Crippen LogP contribution in [0.3, 0.4) is 0 Å². The molecule has 94 valence electrons.